The summed E-state index contributed by atoms with van der Waals surface area (Å²) in [6, 6.07) is 15.0. The van der Waals surface area contributed by atoms with Gasteiger partial charge in [0, 0.05) is 19.6 Å². The Morgan fingerprint density at radius 1 is 1.00 bits per heavy atom. The molecule has 40 heavy (non-hydrogen) atoms. The Labute approximate surface area is 236 Å². The first kappa shape index (κ1) is 30.6. The van der Waals surface area contributed by atoms with Crippen molar-refractivity contribution in [1.82, 2.24) is 25.3 Å². The third-order valence-electron chi connectivity index (χ3n) is 6.71. The SMILES string of the molecule is CCN1CCOc2ccccc2C(=O)N[C@H](C(=O)NCCCCN(C)C)CC(=O)N(Cc2ccccc2)CC1=O. The van der Waals surface area contributed by atoms with Crippen molar-refractivity contribution >= 4 is 23.6 Å². The lowest BCUT2D eigenvalue weighted by molar-refractivity contribution is -0.142. The summed E-state index contributed by atoms with van der Waals surface area (Å²) in [5, 5.41) is 5.62. The van der Waals surface area contributed by atoms with Gasteiger partial charge in [0.1, 0.15) is 24.9 Å². The van der Waals surface area contributed by atoms with E-state index in [-0.39, 0.29) is 37.6 Å². The van der Waals surface area contributed by atoms with Crippen LogP contribution in [-0.2, 0) is 20.9 Å². The molecule has 0 spiro atoms. The number of ether oxygens (including phenoxy) is 1. The highest BCUT2D eigenvalue weighted by Gasteiger charge is 2.29. The Balaban J connectivity index is 1.87. The van der Waals surface area contributed by atoms with Gasteiger partial charge in [-0.2, -0.15) is 0 Å². The van der Waals surface area contributed by atoms with Crippen molar-refractivity contribution in [3.05, 3.63) is 65.7 Å². The van der Waals surface area contributed by atoms with E-state index in [9.17, 15) is 19.2 Å². The molecule has 1 heterocycles. The monoisotopic (exact) mass is 551 g/mol. The number of nitrogens with one attached hydrogen (secondary N) is 2. The lowest BCUT2D eigenvalue weighted by Crippen LogP contribution is -2.51. The van der Waals surface area contributed by atoms with E-state index in [1.165, 1.54) is 4.90 Å². The fourth-order valence-electron chi connectivity index (χ4n) is 4.44. The molecule has 0 saturated carbocycles. The molecule has 2 aromatic carbocycles. The van der Waals surface area contributed by atoms with E-state index in [0.717, 1.165) is 24.9 Å². The third kappa shape index (κ3) is 9.37. The van der Waals surface area contributed by atoms with Crippen LogP contribution >= 0.6 is 0 Å². The molecule has 0 radical (unpaired) electrons. The van der Waals surface area contributed by atoms with Crippen LogP contribution in [0, 0.1) is 0 Å². The maximum atomic E-state index is 13.6. The Bertz CT molecular complexity index is 1140. The quantitative estimate of drug-likeness (QED) is 0.461. The van der Waals surface area contributed by atoms with Gasteiger partial charge < -0.3 is 30.1 Å². The van der Waals surface area contributed by atoms with Crippen LogP contribution in [0.5, 0.6) is 5.75 Å². The van der Waals surface area contributed by atoms with Gasteiger partial charge in [0.15, 0.2) is 0 Å². The molecule has 2 aromatic rings. The summed E-state index contributed by atoms with van der Waals surface area (Å²) in [6.45, 7) is 4.15. The molecule has 10 heteroatoms. The lowest BCUT2D eigenvalue weighted by atomic mass is 10.1. The molecule has 0 bridgehead atoms. The van der Waals surface area contributed by atoms with Crippen LogP contribution in [-0.4, -0.2) is 97.8 Å². The van der Waals surface area contributed by atoms with Gasteiger partial charge in [-0.25, -0.2) is 0 Å². The third-order valence-corrected chi connectivity index (χ3v) is 6.71. The zero-order chi connectivity index (χ0) is 28.9. The number of benzene rings is 2. The summed E-state index contributed by atoms with van der Waals surface area (Å²) in [5.41, 5.74) is 1.11. The van der Waals surface area contributed by atoms with Crippen molar-refractivity contribution in [3.8, 4) is 5.75 Å². The molecule has 0 fully saturated rings. The summed E-state index contributed by atoms with van der Waals surface area (Å²) in [6.07, 6.45) is 1.37. The molecule has 1 atom stereocenters. The Hall–Kier alpha value is -3.92. The van der Waals surface area contributed by atoms with E-state index in [1.807, 2.05) is 51.4 Å². The van der Waals surface area contributed by atoms with Gasteiger partial charge in [-0.1, -0.05) is 42.5 Å². The number of unbranched alkanes of at least 4 members (excludes halogenated alkanes) is 1. The van der Waals surface area contributed by atoms with Gasteiger partial charge >= 0.3 is 0 Å². The van der Waals surface area contributed by atoms with Gasteiger partial charge in [0.05, 0.1) is 18.5 Å². The number of rotatable bonds is 9. The Morgan fingerprint density at radius 3 is 2.45 bits per heavy atom. The molecule has 3 rings (SSSR count). The molecule has 0 aromatic heterocycles. The van der Waals surface area contributed by atoms with Crippen molar-refractivity contribution in [2.45, 2.75) is 38.8 Å². The number of hydrogen-bond donors (Lipinski definition) is 2. The van der Waals surface area contributed by atoms with Crippen molar-refractivity contribution in [3.63, 3.8) is 0 Å². The Morgan fingerprint density at radius 2 is 1.73 bits per heavy atom. The van der Waals surface area contributed by atoms with Crippen LogP contribution in [0.1, 0.15) is 42.1 Å². The van der Waals surface area contributed by atoms with Gasteiger partial charge in [0.2, 0.25) is 17.7 Å². The van der Waals surface area contributed by atoms with Crippen LogP contribution in [0.2, 0.25) is 0 Å². The fraction of sp³-hybridized carbons (Fsp3) is 0.467. The number of nitrogens with zero attached hydrogens (tertiary/aromatic N) is 3. The van der Waals surface area contributed by atoms with Crippen LogP contribution < -0.4 is 15.4 Å². The van der Waals surface area contributed by atoms with Gasteiger partial charge in [-0.05, 0) is 58.1 Å². The number of carbonyl (C=O) groups is 4. The second kappa shape index (κ2) is 15.6. The van der Waals surface area contributed by atoms with Crippen molar-refractivity contribution in [2.75, 3.05) is 53.4 Å². The van der Waals surface area contributed by atoms with Crippen LogP contribution in [0.4, 0.5) is 0 Å². The summed E-state index contributed by atoms with van der Waals surface area (Å²) in [4.78, 5) is 58.6. The smallest absolute Gasteiger partial charge is 0.255 e. The summed E-state index contributed by atoms with van der Waals surface area (Å²) >= 11 is 0. The predicted molar refractivity (Wildman–Crippen MR) is 153 cm³/mol. The summed E-state index contributed by atoms with van der Waals surface area (Å²) in [5.74, 6) is -1.22. The van der Waals surface area contributed by atoms with Crippen molar-refractivity contribution in [2.24, 2.45) is 0 Å². The molecule has 0 unspecified atom stereocenters. The normalized spacial score (nSPS) is 17.1. The van der Waals surface area contributed by atoms with E-state index in [4.69, 9.17) is 4.74 Å². The minimum Gasteiger partial charge on any atom is -0.491 e. The largest absolute Gasteiger partial charge is 0.491 e. The molecular weight excluding hydrogens is 510 g/mol. The van der Waals surface area contributed by atoms with Crippen LogP contribution in [0.3, 0.4) is 0 Å². The molecule has 0 aliphatic carbocycles. The van der Waals surface area contributed by atoms with Gasteiger partial charge in [0.25, 0.3) is 5.91 Å². The molecule has 2 N–H and O–H groups in total. The van der Waals surface area contributed by atoms with Crippen molar-refractivity contribution in [1.29, 1.82) is 0 Å². The highest BCUT2D eigenvalue weighted by Crippen LogP contribution is 2.19. The highest BCUT2D eigenvalue weighted by molar-refractivity contribution is 6.01. The molecular formula is C30H41N5O5. The maximum absolute atomic E-state index is 13.6. The zero-order valence-corrected chi connectivity index (χ0v) is 23.7. The predicted octanol–water partition coefficient (Wildman–Crippen LogP) is 1.90. The number of para-hydroxylation sites is 1. The standard InChI is InChI=1S/C30H41N5O5/c1-4-34-18-19-40-26-15-9-8-14-24(26)29(38)32-25(30(39)31-16-10-11-17-33(2)3)20-27(36)35(22-28(34)37)21-23-12-6-5-7-13-23/h5-9,12-15,25H,4,10-11,16-22H2,1-3H3,(H,31,39)(H,32,38)/t25-/m0/s1. The van der Waals surface area contributed by atoms with Crippen molar-refractivity contribution < 1.29 is 23.9 Å². The van der Waals surface area contributed by atoms with Crippen LogP contribution in [0.15, 0.2) is 54.6 Å². The first-order valence-electron chi connectivity index (χ1n) is 13.8. The Kier molecular flexibility index (Phi) is 12.0. The maximum Gasteiger partial charge on any atom is 0.255 e. The number of amides is 4. The molecule has 1 aliphatic heterocycles. The van der Waals surface area contributed by atoms with Crippen LogP contribution in [0.25, 0.3) is 0 Å². The minimum atomic E-state index is -1.12. The van der Waals surface area contributed by atoms with Gasteiger partial charge in [-0.15, -0.1) is 0 Å². The topological polar surface area (TPSA) is 111 Å². The molecule has 1 aliphatic rings. The molecule has 4 amide bonds. The van der Waals surface area contributed by atoms with E-state index in [0.29, 0.717) is 25.4 Å². The number of likely N-dealkylation sites (N-methyl/N-ethyl adjacent to an activating group) is 1. The average Bonchev–Trinajstić information content (AvgIpc) is 2.94. The number of hydrogen-bond acceptors (Lipinski definition) is 6. The molecule has 216 valence electrons. The second-order valence-electron chi connectivity index (χ2n) is 10.1. The summed E-state index contributed by atoms with van der Waals surface area (Å²) < 4.78 is 5.89. The molecule has 0 saturated heterocycles. The number of fused-ring (bicyclic) bond motifs is 1. The first-order chi connectivity index (χ1) is 19.3. The molecule has 10 nitrogen and oxygen atoms in total. The lowest BCUT2D eigenvalue weighted by Gasteiger charge is -2.29. The minimum absolute atomic E-state index is 0.148. The van der Waals surface area contributed by atoms with E-state index in [2.05, 4.69) is 15.5 Å². The first-order valence-corrected chi connectivity index (χ1v) is 13.8. The zero-order valence-electron chi connectivity index (χ0n) is 23.7. The highest BCUT2D eigenvalue weighted by atomic mass is 16.5. The average molecular weight is 552 g/mol. The summed E-state index contributed by atoms with van der Waals surface area (Å²) in [7, 11) is 3.98. The fourth-order valence-corrected chi connectivity index (χ4v) is 4.44. The van der Waals surface area contributed by atoms with Gasteiger partial charge in [-0.3, -0.25) is 19.2 Å². The second-order valence-corrected chi connectivity index (χ2v) is 10.1. The van der Waals surface area contributed by atoms with E-state index < -0.39 is 23.8 Å². The van der Waals surface area contributed by atoms with E-state index in [1.54, 1.807) is 29.2 Å². The number of carbonyl (C=O) groups excluding carboxylic acids is 4. The van der Waals surface area contributed by atoms with E-state index >= 15 is 0 Å².